The smallest absolute Gasteiger partial charge is 0.238 e. The Bertz CT molecular complexity index is 846. The topological polar surface area (TPSA) is 79.9 Å². The molecule has 0 aliphatic carbocycles. The first-order valence-electron chi connectivity index (χ1n) is 8.89. The summed E-state index contributed by atoms with van der Waals surface area (Å²) in [5.74, 6) is 1.01. The van der Waals surface area contributed by atoms with Gasteiger partial charge in [0.05, 0.1) is 25.3 Å². The van der Waals surface area contributed by atoms with Gasteiger partial charge in [0.15, 0.2) is 11.5 Å². The van der Waals surface area contributed by atoms with E-state index in [2.05, 4.69) is 26.6 Å². The van der Waals surface area contributed by atoms with Crippen LogP contribution in [0.5, 0.6) is 11.5 Å². The number of halogens is 1. The number of carbonyl (C=O) groups excluding carboxylic acids is 2. The van der Waals surface area contributed by atoms with Gasteiger partial charge in [-0.15, -0.1) is 0 Å². The SMILES string of the molecule is CN(CC(=O)NCC1COc2ccccc2O1)CC(=O)Nc1ccccc1Br. The van der Waals surface area contributed by atoms with Gasteiger partial charge >= 0.3 is 0 Å². The minimum atomic E-state index is -0.247. The van der Waals surface area contributed by atoms with Crippen LogP contribution in [0.25, 0.3) is 0 Å². The number of rotatable bonds is 7. The molecular formula is C20H22BrN3O4. The van der Waals surface area contributed by atoms with Gasteiger partial charge in [-0.05, 0) is 47.2 Å². The van der Waals surface area contributed by atoms with Gasteiger partial charge in [-0.1, -0.05) is 24.3 Å². The first-order valence-corrected chi connectivity index (χ1v) is 9.68. The molecule has 2 N–H and O–H groups in total. The zero-order chi connectivity index (χ0) is 19.9. The fourth-order valence-electron chi connectivity index (χ4n) is 2.75. The summed E-state index contributed by atoms with van der Waals surface area (Å²) < 4.78 is 12.2. The second kappa shape index (κ2) is 9.57. The molecule has 0 radical (unpaired) electrons. The van der Waals surface area contributed by atoms with E-state index in [9.17, 15) is 9.59 Å². The zero-order valence-corrected chi connectivity index (χ0v) is 17.1. The average molecular weight is 448 g/mol. The van der Waals surface area contributed by atoms with Crippen molar-refractivity contribution in [2.45, 2.75) is 6.10 Å². The predicted molar refractivity (Wildman–Crippen MR) is 110 cm³/mol. The van der Waals surface area contributed by atoms with E-state index in [1.165, 1.54) is 0 Å². The van der Waals surface area contributed by atoms with E-state index in [0.29, 0.717) is 30.3 Å². The van der Waals surface area contributed by atoms with Gasteiger partial charge in [0, 0.05) is 4.47 Å². The number of amides is 2. The van der Waals surface area contributed by atoms with Crippen molar-refractivity contribution in [3.05, 3.63) is 53.0 Å². The Morgan fingerprint density at radius 1 is 1.07 bits per heavy atom. The van der Waals surface area contributed by atoms with Crippen LogP contribution in [0.4, 0.5) is 5.69 Å². The number of anilines is 1. The molecule has 0 bridgehead atoms. The van der Waals surface area contributed by atoms with Crippen molar-refractivity contribution in [3.63, 3.8) is 0 Å². The third-order valence-electron chi connectivity index (χ3n) is 4.07. The fourth-order valence-corrected chi connectivity index (χ4v) is 3.13. The van der Waals surface area contributed by atoms with Crippen LogP contribution in [0.15, 0.2) is 53.0 Å². The van der Waals surface area contributed by atoms with Crippen LogP contribution in [-0.4, -0.2) is 56.1 Å². The maximum Gasteiger partial charge on any atom is 0.238 e. The van der Waals surface area contributed by atoms with Crippen LogP contribution >= 0.6 is 15.9 Å². The molecule has 1 atom stereocenters. The number of para-hydroxylation sites is 3. The fraction of sp³-hybridized carbons (Fsp3) is 0.300. The highest BCUT2D eigenvalue weighted by Gasteiger charge is 2.21. The van der Waals surface area contributed by atoms with Crippen molar-refractivity contribution in [1.29, 1.82) is 0 Å². The van der Waals surface area contributed by atoms with Crippen molar-refractivity contribution < 1.29 is 19.1 Å². The molecule has 3 rings (SSSR count). The highest BCUT2D eigenvalue weighted by atomic mass is 79.9. The predicted octanol–water partition coefficient (Wildman–Crippen LogP) is 2.28. The maximum absolute atomic E-state index is 12.1. The Kier molecular flexibility index (Phi) is 6.89. The molecule has 1 aliphatic rings. The quantitative estimate of drug-likeness (QED) is 0.680. The van der Waals surface area contributed by atoms with Crippen LogP contribution in [0.2, 0.25) is 0 Å². The molecule has 0 spiro atoms. The van der Waals surface area contributed by atoms with Crippen LogP contribution in [0, 0.1) is 0 Å². The van der Waals surface area contributed by atoms with E-state index in [0.717, 1.165) is 4.47 Å². The molecule has 7 nitrogen and oxygen atoms in total. The monoisotopic (exact) mass is 447 g/mol. The summed E-state index contributed by atoms with van der Waals surface area (Å²) >= 11 is 3.39. The second-order valence-electron chi connectivity index (χ2n) is 6.50. The second-order valence-corrected chi connectivity index (χ2v) is 7.36. The maximum atomic E-state index is 12.1. The zero-order valence-electron chi connectivity index (χ0n) is 15.5. The molecule has 8 heteroatoms. The normalized spacial score (nSPS) is 15.2. The minimum Gasteiger partial charge on any atom is -0.486 e. The van der Waals surface area contributed by atoms with Crippen LogP contribution in [-0.2, 0) is 9.59 Å². The van der Waals surface area contributed by atoms with Gasteiger partial charge in [0.25, 0.3) is 0 Å². The summed E-state index contributed by atoms with van der Waals surface area (Å²) in [5.41, 5.74) is 0.695. The summed E-state index contributed by atoms with van der Waals surface area (Å²) in [6.07, 6.45) is -0.247. The Balaban J connectivity index is 1.39. The van der Waals surface area contributed by atoms with Gasteiger partial charge in [-0.3, -0.25) is 14.5 Å². The lowest BCUT2D eigenvalue weighted by Gasteiger charge is -2.26. The van der Waals surface area contributed by atoms with E-state index >= 15 is 0 Å². The number of carbonyl (C=O) groups is 2. The summed E-state index contributed by atoms with van der Waals surface area (Å²) in [5, 5.41) is 5.63. The lowest BCUT2D eigenvalue weighted by Crippen LogP contribution is -2.44. The molecule has 1 heterocycles. The van der Waals surface area contributed by atoms with E-state index in [1.807, 2.05) is 42.5 Å². The highest BCUT2D eigenvalue weighted by molar-refractivity contribution is 9.10. The van der Waals surface area contributed by atoms with Gasteiger partial charge in [0.1, 0.15) is 12.7 Å². The third-order valence-corrected chi connectivity index (χ3v) is 4.76. The number of hydrogen-bond acceptors (Lipinski definition) is 5. The van der Waals surface area contributed by atoms with Crippen molar-refractivity contribution in [1.82, 2.24) is 10.2 Å². The molecular weight excluding hydrogens is 426 g/mol. The average Bonchev–Trinajstić information content (AvgIpc) is 2.68. The van der Waals surface area contributed by atoms with Crippen molar-refractivity contribution in [2.24, 2.45) is 0 Å². The molecule has 0 fully saturated rings. The Hall–Kier alpha value is -2.58. The van der Waals surface area contributed by atoms with Gasteiger partial charge in [-0.25, -0.2) is 0 Å². The molecule has 28 heavy (non-hydrogen) atoms. The van der Waals surface area contributed by atoms with E-state index < -0.39 is 0 Å². The van der Waals surface area contributed by atoms with Gasteiger partial charge in [0.2, 0.25) is 11.8 Å². The van der Waals surface area contributed by atoms with Crippen LogP contribution in [0.3, 0.4) is 0 Å². The summed E-state index contributed by atoms with van der Waals surface area (Å²) in [6, 6.07) is 14.8. The number of nitrogens with one attached hydrogen (secondary N) is 2. The Morgan fingerprint density at radius 3 is 2.54 bits per heavy atom. The summed E-state index contributed by atoms with van der Waals surface area (Å²) in [4.78, 5) is 25.9. The van der Waals surface area contributed by atoms with Gasteiger partial charge < -0.3 is 20.1 Å². The highest BCUT2D eigenvalue weighted by Crippen LogP contribution is 2.30. The standard InChI is InChI=1S/C20H22BrN3O4/c1-24(12-20(26)23-16-7-3-2-6-15(16)21)11-19(25)22-10-14-13-27-17-8-4-5-9-18(17)28-14/h2-9,14H,10-13H2,1H3,(H,22,25)(H,23,26). The van der Waals surface area contributed by atoms with Gasteiger partial charge in [-0.2, -0.15) is 0 Å². The van der Waals surface area contributed by atoms with E-state index in [-0.39, 0.29) is 31.0 Å². The number of nitrogens with zero attached hydrogens (tertiary/aromatic N) is 1. The number of likely N-dealkylation sites (N-methyl/N-ethyl adjacent to an activating group) is 1. The largest absolute Gasteiger partial charge is 0.486 e. The lowest BCUT2D eigenvalue weighted by atomic mass is 10.2. The minimum absolute atomic E-state index is 0.102. The molecule has 148 valence electrons. The van der Waals surface area contributed by atoms with Crippen molar-refractivity contribution >= 4 is 33.4 Å². The first-order chi connectivity index (χ1) is 13.5. The van der Waals surface area contributed by atoms with Crippen LogP contribution in [0.1, 0.15) is 0 Å². The summed E-state index contributed by atoms with van der Waals surface area (Å²) in [7, 11) is 1.72. The van der Waals surface area contributed by atoms with Crippen LogP contribution < -0.4 is 20.1 Å². The van der Waals surface area contributed by atoms with Crippen molar-refractivity contribution in [2.75, 3.05) is 38.6 Å². The first kappa shape index (κ1) is 20.2. The number of benzene rings is 2. The number of ether oxygens (including phenoxy) is 2. The third kappa shape index (κ3) is 5.71. The molecule has 0 saturated heterocycles. The van der Waals surface area contributed by atoms with E-state index in [1.54, 1.807) is 18.0 Å². The lowest BCUT2D eigenvalue weighted by molar-refractivity contribution is -0.123. The molecule has 0 aromatic heterocycles. The van der Waals surface area contributed by atoms with Crippen molar-refractivity contribution in [3.8, 4) is 11.5 Å². The molecule has 2 aromatic rings. The molecule has 1 aliphatic heterocycles. The molecule has 0 saturated carbocycles. The Morgan fingerprint density at radius 2 is 1.75 bits per heavy atom. The number of hydrogen-bond donors (Lipinski definition) is 2. The molecule has 2 amide bonds. The number of fused-ring (bicyclic) bond motifs is 1. The Labute approximate surface area is 172 Å². The molecule has 2 aromatic carbocycles. The summed E-state index contributed by atoms with van der Waals surface area (Å²) in [6.45, 7) is 0.921. The molecule has 1 unspecified atom stereocenters. The van der Waals surface area contributed by atoms with E-state index in [4.69, 9.17) is 9.47 Å².